The molecule has 6 heteroatoms. The second-order valence-electron chi connectivity index (χ2n) is 5.45. The third-order valence-electron chi connectivity index (χ3n) is 3.77. The van der Waals surface area contributed by atoms with Crippen molar-refractivity contribution in [3.8, 4) is 0 Å². The summed E-state index contributed by atoms with van der Waals surface area (Å²) in [5.74, 6) is 0.143. The summed E-state index contributed by atoms with van der Waals surface area (Å²) in [5.41, 5.74) is 1.21. The van der Waals surface area contributed by atoms with E-state index in [1.54, 1.807) is 23.3 Å². The van der Waals surface area contributed by atoms with E-state index in [0.29, 0.717) is 19.5 Å². The Labute approximate surface area is 129 Å². The van der Waals surface area contributed by atoms with Gasteiger partial charge in [-0.05, 0) is 36.8 Å². The predicted octanol–water partition coefficient (Wildman–Crippen LogP) is 2.21. The van der Waals surface area contributed by atoms with Gasteiger partial charge >= 0.3 is 6.03 Å². The van der Waals surface area contributed by atoms with Crippen LogP contribution in [0.25, 0.3) is 0 Å². The normalized spacial score (nSPS) is 14.3. The summed E-state index contributed by atoms with van der Waals surface area (Å²) < 4.78 is 0. The molecular weight excluding hydrogens is 286 g/mol. The number of hydrogen-bond donors (Lipinski definition) is 1. The van der Waals surface area contributed by atoms with E-state index in [0.717, 1.165) is 25.9 Å². The van der Waals surface area contributed by atoms with E-state index in [1.165, 1.54) is 10.4 Å². The van der Waals surface area contributed by atoms with E-state index in [-0.39, 0.29) is 11.9 Å². The van der Waals surface area contributed by atoms with Gasteiger partial charge in [0.05, 0.1) is 6.54 Å². The van der Waals surface area contributed by atoms with Gasteiger partial charge in [0.1, 0.15) is 0 Å². The Morgan fingerprint density at radius 3 is 2.71 bits per heavy atom. The molecule has 0 aromatic carbocycles. The minimum Gasteiger partial charge on any atom is -0.343 e. The second-order valence-corrected chi connectivity index (χ2v) is 6.45. The van der Waals surface area contributed by atoms with Crippen molar-refractivity contribution in [3.63, 3.8) is 0 Å². The molecule has 21 heavy (non-hydrogen) atoms. The summed E-state index contributed by atoms with van der Waals surface area (Å²) in [4.78, 5) is 28.6. The summed E-state index contributed by atoms with van der Waals surface area (Å²) in [6.45, 7) is 4.79. The van der Waals surface area contributed by atoms with Gasteiger partial charge in [-0.2, -0.15) is 0 Å². The van der Waals surface area contributed by atoms with Gasteiger partial charge in [-0.3, -0.25) is 4.79 Å². The lowest BCUT2D eigenvalue weighted by atomic mass is 10.3. The lowest BCUT2D eigenvalue weighted by Gasteiger charge is -2.19. The highest BCUT2D eigenvalue weighted by Gasteiger charge is 2.18. The van der Waals surface area contributed by atoms with Gasteiger partial charge in [0.2, 0.25) is 5.91 Å². The first-order valence-corrected chi connectivity index (χ1v) is 8.25. The average molecular weight is 309 g/mol. The molecule has 0 atom stereocenters. The van der Waals surface area contributed by atoms with Crippen LogP contribution in [0.1, 0.15) is 29.7 Å². The molecule has 1 fully saturated rings. The maximum Gasteiger partial charge on any atom is 0.317 e. The van der Waals surface area contributed by atoms with E-state index in [2.05, 4.69) is 11.4 Å². The molecule has 0 radical (unpaired) electrons. The topological polar surface area (TPSA) is 52.7 Å². The fourth-order valence-electron chi connectivity index (χ4n) is 2.39. The van der Waals surface area contributed by atoms with Crippen LogP contribution in [-0.2, 0) is 11.3 Å². The van der Waals surface area contributed by atoms with Crippen LogP contribution in [-0.4, -0.2) is 48.4 Å². The van der Waals surface area contributed by atoms with Crippen LogP contribution in [0.5, 0.6) is 0 Å². The number of nitrogens with zero attached hydrogens (tertiary/aromatic N) is 2. The second kappa shape index (κ2) is 7.45. The molecule has 116 valence electrons. The maximum atomic E-state index is 12.0. The Morgan fingerprint density at radius 1 is 1.38 bits per heavy atom. The molecule has 0 saturated carbocycles. The molecule has 0 aliphatic carbocycles. The van der Waals surface area contributed by atoms with Gasteiger partial charge in [0.15, 0.2) is 0 Å². The van der Waals surface area contributed by atoms with Crippen LogP contribution in [0.2, 0.25) is 0 Å². The van der Waals surface area contributed by atoms with Crippen LogP contribution in [0, 0.1) is 6.92 Å². The van der Waals surface area contributed by atoms with Crippen molar-refractivity contribution in [1.29, 1.82) is 0 Å². The highest BCUT2D eigenvalue weighted by molar-refractivity contribution is 7.10. The Balaban J connectivity index is 1.69. The van der Waals surface area contributed by atoms with Crippen molar-refractivity contribution in [2.75, 3.05) is 26.7 Å². The molecule has 1 aliphatic rings. The first kappa shape index (κ1) is 15.8. The molecule has 0 spiro atoms. The van der Waals surface area contributed by atoms with Crippen molar-refractivity contribution in [2.45, 2.75) is 32.7 Å². The molecule has 2 rings (SSSR count). The zero-order chi connectivity index (χ0) is 15.2. The molecule has 0 unspecified atom stereocenters. The number of carbonyl (C=O) groups is 2. The number of thiophene rings is 1. The van der Waals surface area contributed by atoms with E-state index >= 15 is 0 Å². The zero-order valence-electron chi connectivity index (χ0n) is 12.7. The van der Waals surface area contributed by atoms with E-state index in [1.807, 2.05) is 17.2 Å². The molecule has 2 heterocycles. The summed E-state index contributed by atoms with van der Waals surface area (Å²) in [5, 5.41) is 4.85. The lowest BCUT2D eigenvalue weighted by Crippen LogP contribution is -2.39. The molecule has 1 aromatic heterocycles. The van der Waals surface area contributed by atoms with Gasteiger partial charge in [0.25, 0.3) is 0 Å². The Hall–Kier alpha value is -1.56. The number of rotatable bonds is 5. The predicted molar refractivity (Wildman–Crippen MR) is 84.4 cm³/mol. The van der Waals surface area contributed by atoms with Crippen molar-refractivity contribution in [3.05, 3.63) is 21.9 Å². The quantitative estimate of drug-likeness (QED) is 0.906. The molecule has 1 N–H and O–H groups in total. The Morgan fingerprint density at radius 2 is 2.10 bits per heavy atom. The van der Waals surface area contributed by atoms with Gasteiger partial charge in [0, 0.05) is 38.0 Å². The smallest absolute Gasteiger partial charge is 0.317 e. The summed E-state index contributed by atoms with van der Waals surface area (Å²) in [6.07, 6.45) is 2.58. The number of amides is 3. The van der Waals surface area contributed by atoms with E-state index in [9.17, 15) is 9.59 Å². The maximum absolute atomic E-state index is 12.0. The lowest BCUT2D eigenvalue weighted by molar-refractivity contribution is -0.129. The van der Waals surface area contributed by atoms with Crippen molar-refractivity contribution in [1.82, 2.24) is 15.1 Å². The fraction of sp³-hybridized carbons (Fsp3) is 0.600. The molecule has 1 aromatic rings. The van der Waals surface area contributed by atoms with Crippen LogP contribution < -0.4 is 5.32 Å². The van der Waals surface area contributed by atoms with Crippen molar-refractivity contribution < 1.29 is 9.59 Å². The largest absolute Gasteiger partial charge is 0.343 e. The van der Waals surface area contributed by atoms with Gasteiger partial charge in [-0.25, -0.2) is 4.79 Å². The third-order valence-corrected chi connectivity index (χ3v) is 4.78. The molecule has 0 bridgehead atoms. The number of nitrogens with one attached hydrogen (secondary N) is 1. The highest BCUT2D eigenvalue weighted by Crippen LogP contribution is 2.17. The molecule has 1 aliphatic heterocycles. The van der Waals surface area contributed by atoms with Crippen LogP contribution in [0.15, 0.2) is 11.4 Å². The number of aryl methyl sites for hydroxylation is 1. The van der Waals surface area contributed by atoms with Crippen molar-refractivity contribution >= 4 is 23.3 Å². The third kappa shape index (κ3) is 4.46. The first-order chi connectivity index (χ1) is 10.1. The SMILES string of the molecule is Cc1ccsc1CN(C)C(=O)NCCC(=O)N1CCCC1. The zero-order valence-corrected chi connectivity index (χ0v) is 13.5. The average Bonchev–Trinajstić information content (AvgIpc) is 3.11. The summed E-state index contributed by atoms with van der Waals surface area (Å²) in [6, 6.07) is 1.93. The van der Waals surface area contributed by atoms with Crippen LogP contribution >= 0.6 is 11.3 Å². The Kier molecular flexibility index (Phi) is 5.61. The minimum atomic E-state index is -0.128. The van der Waals surface area contributed by atoms with E-state index in [4.69, 9.17) is 0 Å². The number of likely N-dealkylation sites (tertiary alicyclic amines) is 1. The molecular formula is C15H23N3O2S. The van der Waals surface area contributed by atoms with Crippen molar-refractivity contribution in [2.24, 2.45) is 0 Å². The summed E-state index contributed by atoms with van der Waals surface area (Å²) >= 11 is 1.66. The molecule has 5 nitrogen and oxygen atoms in total. The standard InChI is InChI=1S/C15H23N3O2S/c1-12-6-10-21-13(12)11-17(2)15(20)16-7-5-14(19)18-8-3-4-9-18/h6,10H,3-5,7-9,11H2,1-2H3,(H,16,20). The minimum absolute atomic E-state index is 0.128. The number of hydrogen-bond acceptors (Lipinski definition) is 3. The van der Waals surface area contributed by atoms with E-state index < -0.39 is 0 Å². The monoisotopic (exact) mass is 309 g/mol. The highest BCUT2D eigenvalue weighted by atomic mass is 32.1. The number of carbonyl (C=O) groups excluding carboxylic acids is 2. The van der Waals surface area contributed by atoms with Crippen LogP contribution in [0.4, 0.5) is 4.79 Å². The van der Waals surface area contributed by atoms with Crippen LogP contribution in [0.3, 0.4) is 0 Å². The first-order valence-electron chi connectivity index (χ1n) is 7.37. The molecule has 3 amide bonds. The van der Waals surface area contributed by atoms with Gasteiger partial charge in [-0.1, -0.05) is 0 Å². The number of urea groups is 1. The van der Waals surface area contributed by atoms with Gasteiger partial charge in [-0.15, -0.1) is 11.3 Å². The Bertz CT molecular complexity index is 495. The molecule has 1 saturated heterocycles. The fourth-order valence-corrected chi connectivity index (χ4v) is 3.35. The summed E-state index contributed by atoms with van der Waals surface area (Å²) in [7, 11) is 1.77. The van der Waals surface area contributed by atoms with Gasteiger partial charge < -0.3 is 15.1 Å².